The van der Waals surface area contributed by atoms with Gasteiger partial charge in [-0.15, -0.1) is 10.2 Å². The van der Waals surface area contributed by atoms with Gasteiger partial charge in [0.2, 0.25) is 17.7 Å². The van der Waals surface area contributed by atoms with Crippen LogP contribution in [-0.4, -0.2) is 42.3 Å². The van der Waals surface area contributed by atoms with Crippen LogP contribution in [0.5, 0.6) is 11.5 Å². The highest BCUT2D eigenvalue weighted by Gasteiger charge is 2.22. The van der Waals surface area contributed by atoms with Crippen LogP contribution in [0.3, 0.4) is 0 Å². The first-order chi connectivity index (χ1) is 16.6. The van der Waals surface area contributed by atoms with E-state index in [0.29, 0.717) is 35.3 Å². The fourth-order valence-corrected chi connectivity index (χ4v) is 3.82. The molecule has 1 heterocycles. The SMILES string of the molecule is COc1ccc(-c2nnc(CN(C)C(=O)CC(c3ccccc3)c3ccccc3)o2)cc1OC. The summed E-state index contributed by atoms with van der Waals surface area (Å²) in [6.45, 7) is 0.218. The summed E-state index contributed by atoms with van der Waals surface area (Å²) in [5.41, 5.74) is 2.91. The van der Waals surface area contributed by atoms with E-state index in [2.05, 4.69) is 34.5 Å². The number of hydrogen-bond acceptors (Lipinski definition) is 6. The molecule has 7 heteroatoms. The highest BCUT2D eigenvalue weighted by Crippen LogP contribution is 2.32. The van der Waals surface area contributed by atoms with Crippen molar-refractivity contribution >= 4 is 5.91 Å². The van der Waals surface area contributed by atoms with Crippen LogP contribution in [0.4, 0.5) is 0 Å². The van der Waals surface area contributed by atoms with Gasteiger partial charge in [-0.2, -0.15) is 0 Å². The third-order valence-electron chi connectivity index (χ3n) is 5.68. The molecule has 0 aliphatic heterocycles. The van der Waals surface area contributed by atoms with Crippen molar-refractivity contribution in [2.45, 2.75) is 18.9 Å². The first kappa shape index (κ1) is 23.0. The van der Waals surface area contributed by atoms with Crippen LogP contribution < -0.4 is 9.47 Å². The van der Waals surface area contributed by atoms with Crippen molar-refractivity contribution in [2.75, 3.05) is 21.3 Å². The fourth-order valence-electron chi connectivity index (χ4n) is 3.82. The van der Waals surface area contributed by atoms with Crippen molar-refractivity contribution in [3.63, 3.8) is 0 Å². The molecule has 0 spiro atoms. The van der Waals surface area contributed by atoms with Gasteiger partial charge in [0.25, 0.3) is 0 Å². The van der Waals surface area contributed by atoms with E-state index in [-0.39, 0.29) is 18.4 Å². The second-order valence-electron chi connectivity index (χ2n) is 7.90. The summed E-state index contributed by atoms with van der Waals surface area (Å²) in [4.78, 5) is 14.8. The van der Waals surface area contributed by atoms with Gasteiger partial charge in [-0.1, -0.05) is 60.7 Å². The number of methoxy groups -OCH3 is 2. The summed E-state index contributed by atoms with van der Waals surface area (Å²) in [5.74, 6) is 1.84. The molecule has 1 aromatic heterocycles. The van der Waals surface area contributed by atoms with Crippen LogP contribution in [-0.2, 0) is 11.3 Å². The molecule has 0 saturated heterocycles. The number of hydrogen-bond donors (Lipinski definition) is 0. The minimum atomic E-state index is -0.0395. The Morgan fingerprint density at radius 3 is 2.09 bits per heavy atom. The molecule has 0 N–H and O–H groups in total. The summed E-state index contributed by atoms with van der Waals surface area (Å²) in [7, 11) is 4.89. The van der Waals surface area contributed by atoms with Crippen LogP contribution in [0, 0.1) is 0 Å². The molecule has 0 aliphatic rings. The van der Waals surface area contributed by atoms with Crippen LogP contribution in [0.25, 0.3) is 11.5 Å². The molecule has 0 unspecified atom stereocenters. The number of carbonyl (C=O) groups excluding carboxylic acids is 1. The lowest BCUT2D eigenvalue weighted by Crippen LogP contribution is -2.28. The van der Waals surface area contributed by atoms with E-state index in [0.717, 1.165) is 11.1 Å². The molecule has 7 nitrogen and oxygen atoms in total. The zero-order valence-electron chi connectivity index (χ0n) is 19.5. The first-order valence-electron chi connectivity index (χ1n) is 11.0. The van der Waals surface area contributed by atoms with Crippen LogP contribution in [0.2, 0.25) is 0 Å². The van der Waals surface area contributed by atoms with Crippen molar-refractivity contribution in [2.24, 2.45) is 0 Å². The highest BCUT2D eigenvalue weighted by atomic mass is 16.5. The van der Waals surface area contributed by atoms with E-state index < -0.39 is 0 Å². The van der Waals surface area contributed by atoms with Crippen molar-refractivity contribution < 1.29 is 18.7 Å². The van der Waals surface area contributed by atoms with Gasteiger partial charge in [0, 0.05) is 24.9 Å². The van der Waals surface area contributed by atoms with Gasteiger partial charge in [0.1, 0.15) is 0 Å². The van der Waals surface area contributed by atoms with Gasteiger partial charge in [-0.25, -0.2) is 0 Å². The number of carbonyl (C=O) groups is 1. The zero-order valence-corrected chi connectivity index (χ0v) is 19.5. The second kappa shape index (κ2) is 10.7. The standard InChI is InChI=1S/C27H27N3O4/c1-30(18-25-28-29-27(34-25)21-14-15-23(32-2)24(16-21)33-3)26(31)17-22(19-10-6-4-7-11-19)20-12-8-5-9-13-20/h4-16,22H,17-18H2,1-3H3. The van der Waals surface area contributed by atoms with Crippen molar-refractivity contribution in [3.8, 4) is 23.0 Å². The Labute approximate surface area is 199 Å². The highest BCUT2D eigenvalue weighted by molar-refractivity contribution is 5.77. The lowest BCUT2D eigenvalue weighted by molar-refractivity contribution is -0.130. The number of amides is 1. The topological polar surface area (TPSA) is 77.7 Å². The maximum atomic E-state index is 13.1. The van der Waals surface area contributed by atoms with E-state index in [1.165, 1.54) is 0 Å². The van der Waals surface area contributed by atoms with Gasteiger partial charge in [0.05, 0.1) is 20.8 Å². The Bertz CT molecular complexity index is 1190. The van der Waals surface area contributed by atoms with E-state index in [1.54, 1.807) is 38.3 Å². The quantitative estimate of drug-likeness (QED) is 0.355. The predicted molar refractivity (Wildman–Crippen MR) is 129 cm³/mol. The van der Waals surface area contributed by atoms with E-state index in [4.69, 9.17) is 13.9 Å². The van der Waals surface area contributed by atoms with Crippen LogP contribution >= 0.6 is 0 Å². The minimum absolute atomic E-state index is 0.0106. The molecule has 0 atom stereocenters. The van der Waals surface area contributed by atoms with Gasteiger partial charge in [-0.05, 0) is 29.3 Å². The molecule has 3 aromatic carbocycles. The summed E-state index contributed by atoms with van der Waals surface area (Å²) in [6, 6.07) is 25.5. The Kier molecular flexibility index (Phi) is 7.22. The number of benzene rings is 3. The van der Waals surface area contributed by atoms with Crippen molar-refractivity contribution in [1.82, 2.24) is 15.1 Å². The summed E-state index contributed by atoms with van der Waals surface area (Å²) < 4.78 is 16.4. The summed E-state index contributed by atoms with van der Waals surface area (Å²) >= 11 is 0. The average molecular weight is 458 g/mol. The molecule has 0 aliphatic carbocycles. The first-order valence-corrected chi connectivity index (χ1v) is 11.0. The molecule has 4 aromatic rings. The van der Waals surface area contributed by atoms with Crippen LogP contribution in [0.1, 0.15) is 29.4 Å². The number of rotatable bonds is 9. The number of nitrogens with zero attached hydrogens (tertiary/aromatic N) is 3. The van der Waals surface area contributed by atoms with E-state index in [1.807, 2.05) is 42.5 Å². The van der Waals surface area contributed by atoms with Gasteiger partial charge >= 0.3 is 0 Å². The maximum absolute atomic E-state index is 13.1. The maximum Gasteiger partial charge on any atom is 0.247 e. The van der Waals surface area contributed by atoms with E-state index in [9.17, 15) is 4.79 Å². The summed E-state index contributed by atoms with van der Waals surface area (Å²) in [5, 5.41) is 8.26. The second-order valence-corrected chi connectivity index (χ2v) is 7.90. The molecule has 0 radical (unpaired) electrons. The lowest BCUT2D eigenvalue weighted by atomic mass is 9.88. The van der Waals surface area contributed by atoms with Gasteiger partial charge < -0.3 is 18.8 Å². The Morgan fingerprint density at radius 1 is 0.882 bits per heavy atom. The summed E-state index contributed by atoms with van der Waals surface area (Å²) in [6.07, 6.45) is 0.335. The number of ether oxygens (including phenoxy) is 2. The Hall–Kier alpha value is -4.13. The van der Waals surface area contributed by atoms with Crippen molar-refractivity contribution in [3.05, 3.63) is 95.9 Å². The van der Waals surface area contributed by atoms with Crippen molar-refractivity contribution in [1.29, 1.82) is 0 Å². The molecule has 0 fully saturated rings. The normalized spacial score (nSPS) is 10.8. The number of aromatic nitrogens is 2. The smallest absolute Gasteiger partial charge is 0.247 e. The molecule has 174 valence electrons. The van der Waals surface area contributed by atoms with Crippen LogP contribution in [0.15, 0.2) is 83.3 Å². The third kappa shape index (κ3) is 5.26. The van der Waals surface area contributed by atoms with Gasteiger partial charge in [0.15, 0.2) is 11.5 Å². The monoisotopic (exact) mass is 457 g/mol. The van der Waals surface area contributed by atoms with Gasteiger partial charge in [-0.3, -0.25) is 4.79 Å². The Balaban J connectivity index is 1.47. The molecule has 0 bridgehead atoms. The third-order valence-corrected chi connectivity index (χ3v) is 5.68. The zero-order chi connectivity index (χ0) is 23.9. The average Bonchev–Trinajstić information content (AvgIpc) is 3.36. The predicted octanol–water partition coefficient (Wildman–Crippen LogP) is 4.93. The molecular formula is C27H27N3O4. The molecule has 0 saturated carbocycles. The minimum Gasteiger partial charge on any atom is -0.493 e. The lowest BCUT2D eigenvalue weighted by Gasteiger charge is -2.21. The Morgan fingerprint density at radius 2 is 1.50 bits per heavy atom. The largest absolute Gasteiger partial charge is 0.493 e. The molecular weight excluding hydrogens is 430 g/mol. The molecule has 34 heavy (non-hydrogen) atoms. The molecule has 4 rings (SSSR count). The van der Waals surface area contributed by atoms with E-state index >= 15 is 0 Å². The fraction of sp³-hybridized carbons (Fsp3) is 0.222. The molecule has 1 amide bonds.